The van der Waals surface area contributed by atoms with Crippen molar-refractivity contribution in [3.63, 3.8) is 0 Å². The lowest BCUT2D eigenvalue weighted by atomic mass is 10.0. The zero-order valence-corrected chi connectivity index (χ0v) is 13.5. The van der Waals surface area contributed by atoms with Crippen LogP contribution in [0.1, 0.15) is 42.2 Å². The van der Waals surface area contributed by atoms with Crippen molar-refractivity contribution >= 4 is 16.3 Å². The number of imidazole rings is 1. The number of thiazole rings is 1. The highest BCUT2D eigenvalue weighted by atomic mass is 32.1. The van der Waals surface area contributed by atoms with E-state index in [0.29, 0.717) is 0 Å². The Hall–Kier alpha value is -1.59. The second-order valence-corrected chi connectivity index (χ2v) is 6.28. The highest BCUT2D eigenvalue weighted by molar-refractivity contribution is 7.15. The summed E-state index contributed by atoms with van der Waals surface area (Å²) in [4.78, 5) is 5.75. The van der Waals surface area contributed by atoms with Crippen molar-refractivity contribution in [1.82, 2.24) is 14.7 Å². The van der Waals surface area contributed by atoms with E-state index < -0.39 is 0 Å². The molecule has 0 aliphatic rings. The number of nitrogens with one attached hydrogen (secondary N) is 1. The standard InChI is InChI=1S/C16H21N3OS/c1-4-5-17-15(14-8-11(2)20-12(14)3)9-13-10-19-6-7-21-16(19)18-13/h6-8,10,15,17H,4-5,9H2,1-3H3. The molecule has 1 atom stereocenters. The largest absolute Gasteiger partial charge is 0.466 e. The topological polar surface area (TPSA) is 42.5 Å². The minimum Gasteiger partial charge on any atom is -0.466 e. The maximum atomic E-state index is 5.69. The van der Waals surface area contributed by atoms with Crippen LogP contribution in [-0.2, 0) is 6.42 Å². The van der Waals surface area contributed by atoms with Gasteiger partial charge in [0.15, 0.2) is 4.96 Å². The van der Waals surface area contributed by atoms with Crippen molar-refractivity contribution in [2.45, 2.75) is 39.7 Å². The van der Waals surface area contributed by atoms with Gasteiger partial charge in [-0.15, -0.1) is 11.3 Å². The van der Waals surface area contributed by atoms with E-state index in [1.807, 2.05) is 13.8 Å². The Kier molecular flexibility index (Phi) is 4.12. The van der Waals surface area contributed by atoms with Gasteiger partial charge in [0.2, 0.25) is 0 Å². The summed E-state index contributed by atoms with van der Waals surface area (Å²) in [7, 11) is 0. The fraction of sp³-hybridized carbons (Fsp3) is 0.438. The predicted octanol–water partition coefficient (Wildman–Crippen LogP) is 3.89. The summed E-state index contributed by atoms with van der Waals surface area (Å²) in [5.41, 5.74) is 2.37. The van der Waals surface area contributed by atoms with Crippen molar-refractivity contribution in [2.75, 3.05) is 6.54 Å². The van der Waals surface area contributed by atoms with Crippen LogP contribution in [0.15, 0.2) is 28.3 Å². The molecule has 3 heterocycles. The number of hydrogen-bond acceptors (Lipinski definition) is 4. The van der Waals surface area contributed by atoms with Gasteiger partial charge in [-0.3, -0.25) is 4.40 Å². The highest BCUT2D eigenvalue weighted by Crippen LogP contribution is 2.25. The SMILES string of the molecule is CCCNC(Cc1cn2ccsc2n1)c1cc(C)oc1C. The van der Waals surface area contributed by atoms with Gasteiger partial charge in [-0.25, -0.2) is 4.98 Å². The minimum absolute atomic E-state index is 0.256. The van der Waals surface area contributed by atoms with Crippen LogP contribution >= 0.6 is 11.3 Å². The van der Waals surface area contributed by atoms with Gasteiger partial charge < -0.3 is 9.73 Å². The van der Waals surface area contributed by atoms with Gasteiger partial charge in [0, 0.05) is 35.8 Å². The third-order valence-electron chi connectivity index (χ3n) is 3.65. The molecule has 0 saturated carbocycles. The van der Waals surface area contributed by atoms with E-state index in [4.69, 9.17) is 9.40 Å². The lowest BCUT2D eigenvalue weighted by Gasteiger charge is -2.17. The van der Waals surface area contributed by atoms with Crippen LogP contribution in [0.25, 0.3) is 4.96 Å². The van der Waals surface area contributed by atoms with Gasteiger partial charge in [0.05, 0.1) is 5.69 Å². The molecule has 0 aromatic carbocycles. The molecule has 0 saturated heterocycles. The van der Waals surface area contributed by atoms with Gasteiger partial charge in [-0.1, -0.05) is 6.92 Å². The number of fused-ring (bicyclic) bond motifs is 1. The van der Waals surface area contributed by atoms with Crippen LogP contribution in [0.2, 0.25) is 0 Å². The van der Waals surface area contributed by atoms with Gasteiger partial charge in [-0.05, 0) is 32.9 Å². The van der Waals surface area contributed by atoms with E-state index >= 15 is 0 Å². The summed E-state index contributed by atoms with van der Waals surface area (Å²) >= 11 is 1.67. The Morgan fingerprint density at radius 2 is 2.29 bits per heavy atom. The summed E-state index contributed by atoms with van der Waals surface area (Å²) in [6.45, 7) is 7.22. The Morgan fingerprint density at radius 3 is 2.95 bits per heavy atom. The van der Waals surface area contributed by atoms with Crippen LogP contribution in [0.3, 0.4) is 0 Å². The molecule has 4 nitrogen and oxygen atoms in total. The zero-order valence-electron chi connectivity index (χ0n) is 12.7. The van der Waals surface area contributed by atoms with Crippen LogP contribution in [0, 0.1) is 13.8 Å². The maximum absolute atomic E-state index is 5.69. The second kappa shape index (κ2) is 6.03. The van der Waals surface area contributed by atoms with Crippen LogP contribution < -0.4 is 5.32 Å². The number of furan rings is 1. The Balaban J connectivity index is 1.84. The van der Waals surface area contributed by atoms with Crippen molar-refractivity contribution in [3.8, 4) is 0 Å². The molecule has 1 N–H and O–H groups in total. The minimum atomic E-state index is 0.256. The van der Waals surface area contributed by atoms with Crippen molar-refractivity contribution in [2.24, 2.45) is 0 Å². The summed E-state index contributed by atoms with van der Waals surface area (Å²) in [5, 5.41) is 5.68. The normalized spacial score (nSPS) is 13.1. The van der Waals surface area contributed by atoms with Crippen molar-refractivity contribution < 1.29 is 4.42 Å². The van der Waals surface area contributed by atoms with Gasteiger partial charge in [0.1, 0.15) is 11.5 Å². The Morgan fingerprint density at radius 1 is 1.43 bits per heavy atom. The number of nitrogens with zero attached hydrogens (tertiary/aromatic N) is 2. The van der Waals surface area contributed by atoms with Crippen molar-refractivity contribution in [1.29, 1.82) is 0 Å². The molecule has 112 valence electrons. The summed E-state index contributed by atoms with van der Waals surface area (Å²) < 4.78 is 7.78. The molecule has 0 spiro atoms. The van der Waals surface area contributed by atoms with E-state index in [1.165, 1.54) is 5.56 Å². The van der Waals surface area contributed by atoms with E-state index in [2.05, 4.69) is 40.5 Å². The number of hydrogen-bond donors (Lipinski definition) is 1. The molecule has 1 unspecified atom stereocenters. The predicted molar refractivity (Wildman–Crippen MR) is 86.0 cm³/mol. The van der Waals surface area contributed by atoms with Crippen LogP contribution in [0.5, 0.6) is 0 Å². The third-order valence-corrected chi connectivity index (χ3v) is 4.42. The Labute approximate surface area is 128 Å². The molecule has 3 aromatic heterocycles. The molecule has 0 amide bonds. The molecule has 21 heavy (non-hydrogen) atoms. The molecule has 5 heteroatoms. The first-order chi connectivity index (χ1) is 10.2. The Bertz CT molecular complexity index is 696. The second-order valence-electron chi connectivity index (χ2n) is 5.40. The molecule has 0 fully saturated rings. The molecular formula is C16H21N3OS. The van der Waals surface area contributed by atoms with E-state index in [0.717, 1.165) is 41.6 Å². The highest BCUT2D eigenvalue weighted by Gasteiger charge is 2.18. The molecule has 0 radical (unpaired) electrons. The maximum Gasteiger partial charge on any atom is 0.193 e. The van der Waals surface area contributed by atoms with Gasteiger partial charge in [-0.2, -0.15) is 0 Å². The van der Waals surface area contributed by atoms with Crippen LogP contribution in [0.4, 0.5) is 0 Å². The number of rotatable bonds is 6. The first-order valence-corrected chi connectivity index (χ1v) is 8.26. The third kappa shape index (κ3) is 3.04. The molecule has 0 bridgehead atoms. The summed E-state index contributed by atoms with van der Waals surface area (Å²) in [6.07, 6.45) is 6.17. The van der Waals surface area contributed by atoms with Gasteiger partial charge in [0.25, 0.3) is 0 Å². The smallest absolute Gasteiger partial charge is 0.193 e. The first kappa shape index (κ1) is 14.4. The molecule has 3 aromatic rings. The molecular weight excluding hydrogens is 282 g/mol. The van der Waals surface area contributed by atoms with E-state index in [1.54, 1.807) is 11.3 Å². The first-order valence-electron chi connectivity index (χ1n) is 7.38. The van der Waals surface area contributed by atoms with E-state index in [9.17, 15) is 0 Å². The lowest BCUT2D eigenvalue weighted by Crippen LogP contribution is -2.24. The lowest BCUT2D eigenvalue weighted by molar-refractivity contribution is 0.479. The zero-order chi connectivity index (χ0) is 14.8. The van der Waals surface area contributed by atoms with Crippen LogP contribution in [-0.4, -0.2) is 15.9 Å². The van der Waals surface area contributed by atoms with E-state index in [-0.39, 0.29) is 6.04 Å². The molecule has 3 rings (SSSR count). The molecule has 0 aliphatic heterocycles. The average Bonchev–Trinajstić information content (AvgIpc) is 3.09. The average molecular weight is 303 g/mol. The summed E-state index contributed by atoms with van der Waals surface area (Å²) in [5.74, 6) is 1.97. The fourth-order valence-corrected chi connectivity index (χ4v) is 3.41. The fourth-order valence-electron chi connectivity index (χ4n) is 2.69. The van der Waals surface area contributed by atoms with Gasteiger partial charge >= 0.3 is 0 Å². The summed E-state index contributed by atoms with van der Waals surface area (Å²) in [6, 6.07) is 2.40. The number of aryl methyl sites for hydroxylation is 2. The quantitative estimate of drug-likeness (QED) is 0.751. The van der Waals surface area contributed by atoms with Crippen molar-refractivity contribution in [3.05, 3.63) is 46.6 Å². The molecule has 0 aliphatic carbocycles. The monoisotopic (exact) mass is 303 g/mol. The number of aromatic nitrogens is 2.